The van der Waals surface area contributed by atoms with E-state index in [2.05, 4.69) is 16.7 Å². The van der Waals surface area contributed by atoms with Crippen molar-refractivity contribution in [2.45, 2.75) is 20.0 Å². The topological polar surface area (TPSA) is 50.9 Å². The first-order valence-electron chi connectivity index (χ1n) is 3.84. The predicted molar refractivity (Wildman–Crippen MR) is 46.2 cm³/mol. The van der Waals surface area contributed by atoms with Crippen molar-refractivity contribution in [3.05, 3.63) is 19.2 Å². The average molecular weight is 167 g/mol. The Balaban J connectivity index is 2.72. The zero-order chi connectivity index (χ0) is 9.14. The van der Waals surface area contributed by atoms with Crippen LogP contribution in [0, 0.1) is 5.92 Å². The predicted octanol–water partition coefficient (Wildman–Crippen LogP) is 0.766. The monoisotopic (exact) mass is 167 g/mol. The lowest BCUT2D eigenvalue weighted by molar-refractivity contribution is 0.175. The highest BCUT2D eigenvalue weighted by atomic mass is 16.3. The molecule has 1 aromatic rings. The van der Waals surface area contributed by atoms with Crippen molar-refractivity contribution in [2.24, 2.45) is 5.92 Å². The first-order chi connectivity index (χ1) is 5.63. The number of aliphatic hydroxyl groups is 1. The van der Waals surface area contributed by atoms with Gasteiger partial charge >= 0.3 is 0 Å². The molecule has 0 aliphatic heterocycles. The maximum absolute atomic E-state index is 9.58. The van der Waals surface area contributed by atoms with E-state index in [1.54, 1.807) is 0 Å². The maximum atomic E-state index is 9.58. The van der Waals surface area contributed by atoms with Crippen LogP contribution in [0.25, 0.3) is 5.70 Å². The fraction of sp³-hybridized carbons (Fsp3) is 0.500. The third kappa shape index (κ3) is 1.71. The molecular weight excluding hydrogens is 154 g/mol. The first kappa shape index (κ1) is 8.93. The highest BCUT2D eigenvalue weighted by molar-refractivity contribution is 5.44. The summed E-state index contributed by atoms with van der Waals surface area (Å²) in [5.74, 6) is 0.140. The summed E-state index contributed by atoms with van der Waals surface area (Å²) < 4.78 is 1.48. The number of rotatable bonds is 3. The Morgan fingerprint density at radius 2 is 2.25 bits per heavy atom. The number of hydrogen-bond donors (Lipinski definition) is 1. The number of aromatic nitrogens is 3. The van der Waals surface area contributed by atoms with Crippen LogP contribution in [0.5, 0.6) is 0 Å². The van der Waals surface area contributed by atoms with Crippen molar-refractivity contribution in [1.82, 2.24) is 14.8 Å². The second-order valence-corrected chi connectivity index (χ2v) is 3.02. The van der Waals surface area contributed by atoms with E-state index in [-0.39, 0.29) is 5.92 Å². The molecule has 1 aromatic heterocycles. The molecular formula is C8H13N3O. The first-order valence-corrected chi connectivity index (χ1v) is 3.84. The van der Waals surface area contributed by atoms with Gasteiger partial charge in [0.2, 0.25) is 0 Å². The second kappa shape index (κ2) is 3.49. The van der Waals surface area contributed by atoms with Crippen molar-refractivity contribution < 1.29 is 5.11 Å². The van der Waals surface area contributed by atoms with Gasteiger partial charge in [-0.3, -0.25) is 0 Å². The van der Waals surface area contributed by atoms with Crippen LogP contribution in [0.3, 0.4) is 0 Å². The fourth-order valence-electron chi connectivity index (χ4n) is 0.877. The summed E-state index contributed by atoms with van der Waals surface area (Å²) in [6.07, 6.45) is 2.37. The fourth-order valence-corrected chi connectivity index (χ4v) is 0.877. The summed E-state index contributed by atoms with van der Waals surface area (Å²) in [4.78, 5) is 3.76. The average Bonchev–Trinajstić information content (AvgIpc) is 2.53. The summed E-state index contributed by atoms with van der Waals surface area (Å²) in [6.45, 7) is 7.58. The van der Waals surface area contributed by atoms with E-state index in [9.17, 15) is 5.11 Å². The second-order valence-electron chi connectivity index (χ2n) is 3.02. The molecule has 0 saturated carbocycles. The Hall–Kier alpha value is -1.16. The largest absolute Gasteiger partial charge is 0.387 e. The van der Waals surface area contributed by atoms with Gasteiger partial charge in [0.15, 0.2) is 0 Å². The Morgan fingerprint density at radius 3 is 2.67 bits per heavy atom. The Bertz CT molecular complexity index is 253. The zero-order valence-electron chi connectivity index (χ0n) is 7.31. The van der Waals surface area contributed by atoms with Crippen molar-refractivity contribution in [3.8, 4) is 0 Å². The van der Waals surface area contributed by atoms with Crippen LogP contribution in [0.1, 0.15) is 13.8 Å². The number of nitrogens with zero attached hydrogens (tertiary/aromatic N) is 3. The van der Waals surface area contributed by atoms with E-state index in [0.717, 1.165) is 0 Å². The van der Waals surface area contributed by atoms with Crippen molar-refractivity contribution in [3.63, 3.8) is 0 Å². The molecule has 4 heteroatoms. The minimum atomic E-state index is -0.563. The quantitative estimate of drug-likeness (QED) is 0.723. The Kier molecular flexibility index (Phi) is 2.60. The highest BCUT2D eigenvalue weighted by Crippen LogP contribution is 2.12. The molecule has 1 unspecified atom stereocenters. The van der Waals surface area contributed by atoms with E-state index in [1.165, 1.54) is 17.3 Å². The summed E-state index contributed by atoms with van der Waals surface area (Å²) >= 11 is 0. The van der Waals surface area contributed by atoms with E-state index < -0.39 is 6.10 Å². The summed E-state index contributed by atoms with van der Waals surface area (Å²) in [5.41, 5.74) is 0.558. The molecule has 12 heavy (non-hydrogen) atoms. The summed E-state index contributed by atoms with van der Waals surface area (Å²) in [6, 6.07) is 0. The third-order valence-electron chi connectivity index (χ3n) is 1.69. The van der Waals surface area contributed by atoms with Crippen LogP contribution in [0.15, 0.2) is 19.2 Å². The molecule has 0 saturated heterocycles. The van der Waals surface area contributed by atoms with Crippen LogP contribution in [0.4, 0.5) is 0 Å². The zero-order valence-corrected chi connectivity index (χ0v) is 7.31. The molecule has 0 aliphatic carbocycles. The molecule has 0 aromatic carbocycles. The van der Waals surface area contributed by atoms with Crippen molar-refractivity contribution >= 4 is 5.70 Å². The molecule has 0 fully saturated rings. The van der Waals surface area contributed by atoms with Gasteiger partial charge in [-0.25, -0.2) is 9.67 Å². The molecule has 1 rings (SSSR count). The standard InChI is InChI=1S/C8H13N3O/c1-6(2)8(12)7(3)11-5-9-4-10-11/h4-6,8,12H,3H2,1-2H3. The number of hydrogen-bond acceptors (Lipinski definition) is 3. The molecule has 1 heterocycles. The molecule has 1 atom stereocenters. The Labute approximate surface area is 71.6 Å². The van der Waals surface area contributed by atoms with Crippen LogP contribution < -0.4 is 0 Å². The molecule has 66 valence electrons. The smallest absolute Gasteiger partial charge is 0.138 e. The van der Waals surface area contributed by atoms with E-state index in [1.807, 2.05) is 13.8 Å². The van der Waals surface area contributed by atoms with Crippen LogP contribution in [-0.4, -0.2) is 26.0 Å². The molecule has 0 amide bonds. The van der Waals surface area contributed by atoms with Gasteiger partial charge in [0.1, 0.15) is 12.7 Å². The van der Waals surface area contributed by atoms with Crippen molar-refractivity contribution in [2.75, 3.05) is 0 Å². The molecule has 0 bridgehead atoms. The van der Waals surface area contributed by atoms with Crippen LogP contribution >= 0.6 is 0 Å². The van der Waals surface area contributed by atoms with Gasteiger partial charge in [-0.1, -0.05) is 20.4 Å². The molecule has 0 aliphatic rings. The molecule has 0 radical (unpaired) electrons. The Morgan fingerprint density at radius 1 is 1.58 bits per heavy atom. The van der Waals surface area contributed by atoms with Crippen LogP contribution in [0.2, 0.25) is 0 Å². The van der Waals surface area contributed by atoms with Gasteiger partial charge in [0.05, 0.1) is 11.8 Å². The van der Waals surface area contributed by atoms with Crippen molar-refractivity contribution in [1.29, 1.82) is 0 Å². The van der Waals surface area contributed by atoms with Gasteiger partial charge in [-0.05, 0) is 5.92 Å². The lowest BCUT2D eigenvalue weighted by Crippen LogP contribution is -2.20. The van der Waals surface area contributed by atoms with Gasteiger partial charge < -0.3 is 5.11 Å². The van der Waals surface area contributed by atoms with E-state index >= 15 is 0 Å². The lowest BCUT2D eigenvalue weighted by atomic mass is 10.1. The third-order valence-corrected chi connectivity index (χ3v) is 1.69. The van der Waals surface area contributed by atoms with Gasteiger partial charge in [-0.2, -0.15) is 5.10 Å². The number of aliphatic hydroxyl groups excluding tert-OH is 1. The van der Waals surface area contributed by atoms with E-state index in [4.69, 9.17) is 0 Å². The summed E-state index contributed by atoms with van der Waals surface area (Å²) in [7, 11) is 0. The lowest BCUT2D eigenvalue weighted by Gasteiger charge is -2.16. The van der Waals surface area contributed by atoms with Gasteiger partial charge in [-0.15, -0.1) is 0 Å². The maximum Gasteiger partial charge on any atom is 0.138 e. The minimum Gasteiger partial charge on any atom is -0.387 e. The van der Waals surface area contributed by atoms with E-state index in [0.29, 0.717) is 5.70 Å². The molecule has 0 spiro atoms. The molecule has 1 N–H and O–H groups in total. The van der Waals surface area contributed by atoms with Crippen LogP contribution in [-0.2, 0) is 0 Å². The highest BCUT2D eigenvalue weighted by Gasteiger charge is 2.14. The minimum absolute atomic E-state index is 0.140. The van der Waals surface area contributed by atoms with Gasteiger partial charge in [0.25, 0.3) is 0 Å². The SMILES string of the molecule is C=C(C(O)C(C)C)n1cncn1. The molecule has 4 nitrogen and oxygen atoms in total. The van der Waals surface area contributed by atoms with Gasteiger partial charge in [0, 0.05) is 0 Å². The summed E-state index contributed by atoms with van der Waals surface area (Å²) in [5, 5.41) is 13.4. The normalized spacial score (nSPS) is 13.3.